The van der Waals surface area contributed by atoms with Gasteiger partial charge in [0.05, 0.1) is 17.1 Å². The van der Waals surface area contributed by atoms with E-state index < -0.39 is 0 Å². The van der Waals surface area contributed by atoms with Crippen LogP contribution in [0.3, 0.4) is 0 Å². The van der Waals surface area contributed by atoms with Crippen molar-refractivity contribution in [1.29, 1.82) is 0 Å². The van der Waals surface area contributed by atoms with Gasteiger partial charge in [-0.05, 0) is 24.3 Å². The molecule has 7 nitrogen and oxygen atoms in total. The fourth-order valence-electron chi connectivity index (χ4n) is 3.58. The lowest BCUT2D eigenvalue weighted by Crippen LogP contribution is -2.40. The molecule has 0 saturated carbocycles. The highest BCUT2D eigenvalue weighted by Gasteiger charge is 2.31. The van der Waals surface area contributed by atoms with E-state index in [1.807, 2.05) is 79.7 Å². The van der Waals surface area contributed by atoms with E-state index in [0.29, 0.717) is 11.9 Å². The topological polar surface area (TPSA) is 76.7 Å². The molecule has 0 aromatic heterocycles. The Kier molecular flexibility index (Phi) is 4.05. The highest BCUT2D eigenvalue weighted by Crippen LogP contribution is 2.33. The number of para-hydroxylation sites is 2. The average molecular weight is 381 g/mol. The van der Waals surface area contributed by atoms with Crippen LogP contribution >= 0.6 is 0 Å². The monoisotopic (exact) mass is 381 g/mol. The van der Waals surface area contributed by atoms with E-state index in [4.69, 9.17) is 9.98 Å². The Morgan fingerprint density at radius 1 is 0.759 bits per heavy atom. The van der Waals surface area contributed by atoms with Gasteiger partial charge in [0.1, 0.15) is 6.34 Å². The smallest absolute Gasteiger partial charge is 0.239 e. The summed E-state index contributed by atoms with van der Waals surface area (Å²) in [5.74, 6) is 1.13. The molecule has 29 heavy (non-hydrogen) atoms. The third-order valence-electron chi connectivity index (χ3n) is 4.96. The first-order valence-corrected chi connectivity index (χ1v) is 9.34. The standard InChI is InChI=1S/C22H19N7/c1-23-17-9-5-3-7-15(17)19-11-14-12-20(16-8-4-6-10-18(16)24-2)28-22-26-13-25-21(27-19)29(14)22/h3-13,23-24H,1-2H3. The van der Waals surface area contributed by atoms with E-state index >= 15 is 0 Å². The molecule has 3 aliphatic heterocycles. The van der Waals surface area contributed by atoms with Crippen LogP contribution in [-0.2, 0) is 0 Å². The molecule has 0 spiro atoms. The van der Waals surface area contributed by atoms with E-state index in [2.05, 4.69) is 20.6 Å². The fraction of sp³-hybridized carbons (Fsp3) is 0.0909. The summed E-state index contributed by atoms with van der Waals surface area (Å²) in [7, 11) is 3.81. The van der Waals surface area contributed by atoms with Crippen LogP contribution in [0.1, 0.15) is 11.1 Å². The summed E-state index contributed by atoms with van der Waals surface area (Å²) in [6, 6.07) is 16.2. The second-order valence-corrected chi connectivity index (χ2v) is 6.61. The number of hydrogen-bond donors (Lipinski definition) is 2. The van der Waals surface area contributed by atoms with Crippen LogP contribution < -0.4 is 10.6 Å². The van der Waals surface area contributed by atoms with E-state index in [9.17, 15) is 0 Å². The van der Waals surface area contributed by atoms with Gasteiger partial charge < -0.3 is 10.6 Å². The number of anilines is 2. The molecule has 0 fully saturated rings. The van der Waals surface area contributed by atoms with Crippen molar-refractivity contribution >= 4 is 41.0 Å². The highest BCUT2D eigenvalue weighted by atomic mass is 15.4. The van der Waals surface area contributed by atoms with Gasteiger partial charge in [-0.2, -0.15) is 0 Å². The predicted molar refractivity (Wildman–Crippen MR) is 120 cm³/mol. The zero-order valence-corrected chi connectivity index (χ0v) is 16.1. The number of guanidine groups is 2. The molecule has 2 N–H and O–H groups in total. The minimum Gasteiger partial charge on any atom is -0.388 e. The van der Waals surface area contributed by atoms with Crippen LogP contribution in [0.4, 0.5) is 11.4 Å². The lowest BCUT2D eigenvalue weighted by molar-refractivity contribution is 0.738. The second-order valence-electron chi connectivity index (χ2n) is 6.61. The molecule has 2 aromatic carbocycles. The molecule has 142 valence electrons. The van der Waals surface area contributed by atoms with Gasteiger partial charge in [-0.1, -0.05) is 36.4 Å². The van der Waals surface area contributed by atoms with Gasteiger partial charge in [-0.25, -0.2) is 24.9 Å². The number of benzene rings is 2. The van der Waals surface area contributed by atoms with Gasteiger partial charge in [0.15, 0.2) is 0 Å². The van der Waals surface area contributed by atoms with Gasteiger partial charge in [0, 0.05) is 36.6 Å². The molecule has 0 bridgehead atoms. The van der Waals surface area contributed by atoms with E-state index in [1.54, 1.807) is 0 Å². The minimum atomic E-state index is 0.564. The number of nitrogens with zero attached hydrogens (tertiary/aromatic N) is 5. The zero-order chi connectivity index (χ0) is 19.8. The first-order chi connectivity index (χ1) is 14.3. The first kappa shape index (κ1) is 17.1. The molecule has 0 unspecified atom stereocenters. The molecule has 0 amide bonds. The molecular formula is C22H19N7. The summed E-state index contributed by atoms with van der Waals surface area (Å²) in [5, 5.41) is 6.47. The Hall–Kier alpha value is -4.00. The van der Waals surface area contributed by atoms with Gasteiger partial charge in [0.2, 0.25) is 11.9 Å². The van der Waals surface area contributed by atoms with E-state index in [1.165, 1.54) is 6.34 Å². The minimum absolute atomic E-state index is 0.564. The van der Waals surface area contributed by atoms with Crippen molar-refractivity contribution in [3.63, 3.8) is 0 Å². The summed E-state index contributed by atoms with van der Waals surface area (Å²) in [6.07, 6.45) is 5.60. The van der Waals surface area contributed by atoms with Gasteiger partial charge in [-0.15, -0.1) is 0 Å². The third-order valence-corrected chi connectivity index (χ3v) is 4.96. The van der Waals surface area contributed by atoms with Crippen LogP contribution in [0.2, 0.25) is 0 Å². The van der Waals surface area contributed by atoms with Crippen molar-refractivity contribution in [2.45, 2.75) is 0 Å². The molecule has 3 heterocycles. The molecule has 2 aromatic rings. The van der Waals surface area contributed by atoms with E-state index in [-0.39, 0.29) is 0 Å². The van der Waals surface area contributed by atoms with Crippen LogP contribution in [-0.4, -0.2) is 43.0 Å². The van der Waals surface area contributed by atoms with Crippen molar-refractivity contribution in [3.8, 4) is 0 Å². The first-order valence-electron chi connectivity index (χ1n) is 9.34. The molecule has 0 aliphatic carbocycles. The Morgan fingerprint density at radius 2 is 1.45 bits per heavy atom. The maximum absolute atomic E-state index is 4.76. The van der Waals surface area contributed by atoms with Crippen LogP contribution in [0, 0.1) is 0 Å². The van der Waals surface area contributed by atoms with Crippen molar-refractivity contribution in [1.82, 2.24) is 4.90 Å². The summed E-state index contributed by atoms with van der Waals surface area (Å²) in [5.41, 5.74) is 6.67. The van der Waals surface area contributed by atoms with Crippen LogP contribution in [0.25, 0.3) is 5.70 Å². The summed E-state index contributed by atoms with van der Waals surface area (Å²) in [4.78, 5) is 20.1. The Bertz CT molecular complexity index is 1130. The predicted octanol–water partition coefficient (Wildman–Crippen LogP) is 3.57. The van der Waals surface area contributed by atoms with Gasteiger partial charge in [0.25, 0.3) is 0 Å². The maximum Gasteiger partial charge on any atom is 0.239 e. The zero-order valence-electron chi connectivity index (χ0n) is 16.1. The summed E-state index contributed by atoms with van der Waals surface area (Å²) in [6.45, 7) is 0. The molecule has 0 atom stereocenters. The van der Waals surface area contributed by atoms with Crippen molar-refractivity contribution < 1.29 is 0 Å². The Balaban J connectivity index is 1.67. The number of hydrogen-bond acceptors (Lipinski definition) is 7. The Labute approximate surface area is 168 Å². The van der Waals surface area contributed by atoms with Gasteiger partial charge in [-0.3, -0.25) is 0 Å². The number of rotatable bonds is 4. The van der Waals surface area contributed by atoms with E-state index in [0.717, 1.165) is 39.6 Å². The molecule has 7 heteroatoms. The number of allylic oxidation sites excluding steroid dienone is 2. The van der Waals surface area contributed by atoms with Crippen molar-refractivity contribution in [2.75, 3.05) is 24.7 Å². The molecule has 5 rings (SSSR count). The lowest BCUT2D eigenvalue weighted by atomic mass is 10.0. The third kappa shape index (κ3) is 2.84. The molecule has 0 radical (unpaired) electrons. The maximum atomic E-state index is 4.76. The quantitative estimate of drug-likeness (QED) is 0.850. The second kappa shape index (κ2) is 6.87. The Morgan fingerprint density at radius 3 is 2.21 bits per heavy atom. The highest BCUT2D eigenvalue weighted by molar-refractivity contribution is 6.23. The molecular weight excluding hydrogens is 362 g/mol. The summed E-state index contributed by atoms with van der Waals surface area (Å²) < 4.78 is 0. The van der Waals surface area contributed by atoms with Crippen molar-refractivity contribution in [3.05, 3.63) is 77.5 Å². The van der Waals surface area contributed by atoms with Crippen molar-refractivity contribution in [2.24, 2.45) is 20.0 Å². The fourth-order valence-corrected chi connectivity index (χ4v) is 3.58. The number of nitrogens with one attached hydrogen (secondary N) is 2. The SMILES string of the molecule is CNc1ccccc1C1=CC2=CC(c3ccccc3NC)=NC3=NC=NC(=N1)N23. The van der Waals surface area contributed by atoms with Crippen LogP contribution in [0.5, 0.6) is 0 Å². The lowest BCUT2D eigenvalue weighted by Gasteiger charge is -2.32. The summed E-state index contributed by atoms with van der Waals surface area (Å²) >= 11 is 0. The van der Waals surface area contributed by atoms with Gasteiger partial charge >= 0.3 is 0 Å². The normalized spacial score (nSPS) is 16.8. The molecule has 0 saturated heterocycles. The van der Waals surface area contributed by atoms with Crippen LogP contribution in [0.15, 0.2) is 86.3 Å². The molecule has 3 aliphatic rings. The average Bonchev–Trinajstić information content (AvgIpc) is 2.78. The largest absolute Gasteiger partial charge is 0.388 e. The number of aliphatic imine (C=N–C) groups is 4.